The van der Waals surface area contributed by atoms with E-state index in [1.807, 2.05) is 68.6 Å². The van der Waals surface area contributed by atoms with E-state index in [4.69, 9.17) is 9.47 Å². The molecule has 1 heterocycles. The van der Waals surface area contributed by atoms with Gasteiger partial charge >= 0.3 is 0 Å². The molecule has 1 aliphatic heterocycles. The van der Waals surface area contributed by atoms with Crippen molar-refractivity contribution in [1.29, 1.82) is 0 Å². The molecule has 212 valence electrons. The van der Waals surface area contributed by atoms with Crippen molar-refractivity contribution in [2.24, 2.45) is 5.92 Å². The standard InChI is InChI=1S/C32H39N3O5/c1-22-18-35(23(2)21-36)32(38)28-17-26(33-31(37)16-24-8-6-5-7-9-24)12-15-29(28)40-30(22)20-34(3)19-25-10-13-27(39-4)14-11-25/h5-15,17,22-23,30,36H,16,18-21H2,1-4H3,(H,33,37)/t22-,23+,30-/m1/s1. The second-order valence-corrected chi connectivity index (χ2v) is 10.6. The third-order valence-electron chi connectivity index (χ3n) is 7.26. The Morgan fingerprint density at radius 3 is 2.52 bits per heavy atom. The molecule has 1 aliphatic rings. The molecular formula is C32H39N3O5. The highest BCUT2D eigenvalue weighted by atomic mass is 16.5. The highest BCUT2D eigenvalue weighted by molar-refractivity contribution is 6.00. The maximum Gasteiger partial charge on any atom is 0.258 e. The molecule has 0 spiro atoms. The number of amides is 2. The summed E-state index contributed by atoms with van der Waals surface area (Å²) in [7, 11) is 3.70. The van der Waals surface area contributed by atoms with Crippen LogP contribution in [0.25, 0.3) is 0 Å². The monoisotopic (exact) mass is 545 g/mol. The molecule has 8 heteroatoms. The van der Waals surface area contributed by atoms with Crippen LogP contribution in [0.15, 0.2) is 72.8 Å². The average Bonchev–Trinajstić information content (AvgIpc) is 2.95. The number of benzene rings is 3. The van der Waals surface area contributed by atoms with E-state index in [1.54, 1.807) is 30.2 Å². The van der Waals surface area contributed by atoms with Crippen molar-refractivity contribution < 1.29 is 24.2 Å². The van der Waals surface area contributed by atoms with Crippen LogP contribution < -0.4 is 14.8 Å². The minimum Gasteiger partial charge on any atom is -0.497 e. The lowest BCUT2D eigenvalue weighted by Gasteiger charge is -2.38. The number of nitrogens with zero attached hydrogens (tertiary/aromatic N) is 2. The van der Waals surface area contributed by atoms with Crippen molar-refractivity contribution in [2.75, 3.05) is 39.2 Å². The molecule has 4 rings (SSSR count). The zero-order valence-electron chi connectivity index (χ0n) is 23.7. The molecular weight excluding hydrogens is 506 g/mol. The van der Waals surface area contributed by atoms with Crippen molar-refractivity contribution in [1.82, 2.24) is 9.80 Å². The van der Waals surface area contributed by atoms with Gasteiger partial charge < -0.3 is 24.8 Å². The molecule has 0 saturated heterocycles. The second kappa shape index (κ2) is 13.5. The molecule has 0 radical (unpaired) electrons. The largest absolute Gasteiger partial charge is 0.497 e. The lowest BCUT2D eigenvalue weighted by atomic mass is 9.99. The fourth-order valence-electron chi connectivity index (χ4n) is 4.92. The Kier molecular flexibility index (Phi) is 9.79. The van der Waals surface area contributed by atoms with Crippen LogP contribution in [0.1, 0.15) is 35.3 Å². The lowest BCUT2D eigenvalue weighted by molar-refractivity contribution is -0.115. The normalized spacial score (nSPS) is 17.9. The van der Waals surface area contributed by atoms with Gasteiger partial charge in [-0.25, -0.2) is 0 Å². The highest BCUT2D eigenvalue weighted by Gasteiger charge is 2.33. The number of nitrogens with one attached hydrogen (secondary N) is 1. The molecule has 3 aromatic rings. The number of methoxy groups -OCH3 is 1. The van der Waals surface area contributed by atoms with Gasteiger partial charge in [-0.15, -0.1) is 0 Å². The van der Waals surface area contributed by atoms with Gasteiger partial charge in [-0.05, 0) is 55.4 Å². The van der Waals surface area contributed by atoms with E-state index in [0.717, 1.165) is 23.4 Å². The Labute approximate surface area is 236 Å². The van der Waals surface area contributed by atoms with Gasteiger partial charge in [0.1, 0.15) is 17.6 Å². The summed E-state index contributed by atoms with van der Waals surface area (Å²) < 4.78 is 11.8. The Bertz CT molecular complexity index is 1280. The van der Waals surface area contributed by atoms with Gasteiger partial charge in [-0.2, -0.15) is 0 Å². The SMILES string of the molecule is COc1ccc(CN(C)C[C@H]2Oc3ccc(NC(=O)Cc4ccccc4)cc3C(=O)N([C@@H](C)CO)C[C@H]2C)cc1. The highest BCUT2D eigenvalue weighted by Crippen LogP contribution is 2.31. The number of carbonyl (C=O) groups is 2. The first kappa shape index (κ1) is 29.1. The summed E-state index contributed by atoms with van der Waals surface area (Å²) >= 11 is 0. The number of carbonyl (C=O) groups excluding carboxylic acids is 2. The van der Waals surface area contributed by atoms with Crippen molar-refractivity contribution in [3.8, 4) is 11.5 Å². The van der Waals surface area contributed by atoms with Crippen LogP contribution >= 0.6 is 0 Å². The fourth-order valence-corrected chi connectivity index (χ4v) is 4.92. The molecule has 3 atom stereocenters. The quantitative estimate of drug-likeness (QED) is 0.396. The first-order chi connectivity index (χ1) is 19.3. The Balaban J connectivity index is 1.54. The topological polar surface area (TPSA) is 91.3 Å². The number of hydrogen-bond acceptors (Lipinski definition) is 6. The van der Waals surface area contributed by atoms with Crippen LogP contribution in [0.3, 0.4) is 0 Å². The van der Waals surface area contributed by atoms with Gasteiger partial charge in [0.2, 0.25) is 5.91 Å². The molecule has 8 nitrogen and oxygen atoms in total. The van der Waals surface area contributed by atoms with E-state index < -0.39 is 0 Å². The van der Waals surface area contributed by atoms with Gasteiger partial charge in [-0.1, -0.05) is 49.4 Å². The first-order valence-corrected chi connectivity index (χ1v) is 13.6. The molecule has 0 bridgehead atoms. The van der Waals surface area contributed by atoms with E-state index in [0.29, 0.717) is 30.1 Å². The van der Waals surface area contributed by atoms with Gasteiger partial charge in [-0.3, -0.25) is 14.5 Å². The second-order valence-electron chi connectivity index (χ2n) is 10.6. The summed E-state index contributed by atoms with van der Waals surface area (Å²) in [6, 6.07) is 22.3. The summed E-state index contributed by atoms with van der Waals surface area (Å²) in [5.41, 5.74) is 2.95. The van der Waals surface area contributed by atoms with Crippen molar-refractivity contribution in [3.05, 3.63) is 89.5 Å². The number of aliphatic hydroxyl groups is 1. The van der Waals surface area contributed by atoms with Crippen LogP contribution in [0.4, 0.5) is 5.69 Å². The lowest BCUT2D eigenvalue weighted by Crippen LogP contribution is -2.49. The van der Waals surface area contributed by atoms with E-state index in [1.165, 1.54) is 0 Å². The third-order valence-corrected chi connectivity index (χ3v) is 7.26. The summed E-state index contributed by atoms with van der Waals surface area (Å²) in [6.45, 7) is 5.56. The van der Waals surface area contributed by atoms with E-state index in [9.17, 15) is 14.7 Å². The fraction of sp³-hybridized carbons (Fsp3) is 0.375. The smallest absolute Gasteiger partial charge is 0.258 e. The molecule has 0 fully saturated rings. The van der Waals surface area contributed by atoms with Crippen LogP contribution in [0.5, 0.6) is 11.5 Å². The molecule has 0 saturated carbocycles. The number of rotatable bonds is 10. The van der Waals surface area contributed by atoms with Gasteiger partial charge in [0.15, 0.2) is 0 Å². The zero-order chi connectivity index (χ0) is 28.6. The van der Waals surface area contributed by atoms with Crippen molar-refractivity contribution in [2.45, 2.75) is 39.0 Å². The van der Waals surface area contributed by atoms with E-state index >= 15 is 0 Å². The van der Waals surface area contributed by atoms with E-state index in [-0.39, 0.29) is 42.9 Å². The van der Waals surface area contributed by atoms with E-state index in [2.05, 4.69) is 17.1 Å². The van der Waals surface area contributed by atoms with Crippen LogP contribution in [-0.2, 0) is 17.8 Å². The molecule has 40 heavy (non-hydrogen) atoms. The number of anilines is 1. The molecule has 0 aliphatic carbocycles. The molecule has 2 N–H and O–H groups in total. The minimum atomic E-state index is -0.366. The Morgan fingerprint density at radius 1 is 1.12 bits per heavy atom. The minimum absolute atomic E-state index is 0.00895. The first-order valence-electron chi connectivity index (χ1n) is 13.6. The zero-order valence-corrected chi connectivity index (χ0v) is 23.7. The van der Waals surface area contributed by atoms with Crippen LogP contribution in [0.2, 0.25) is 0 Å². The Morgan fingerprint density at radius 2 is 1.85 bits per heavy atom. The maximum absolute atomic E-state index is 13.7. The Hall–Kier alpha value is -3.88. The number of hydrogen-bond donors (Lipinski definition) is 2. The van der Waals surface area contributed by atoms with Crippen molar-refractivity contribution >= 4 is 17.5 Å². The summed E-state index contributed by atoms with van der Waals surface area (Å²) in [5.74, 6) is 0.897. The van der Waals surface area contributed by atoms with Crippen LogP contribution in [-0.4, -0.2) is 72.7 Å². The molecule has 2 amide bonds. The summed E-state index contributed by atoms with van der Waals surface area (Å²) in [4.78, 5) is 30.3. The number of likely N-dealkylation sites (N-methyl/N-ethyl adjacent to an activating group) is 1. The predicted molar refractivity (Wildman–Crippen MR) is 156 cm³/mol. The molecule has 0 unspecified atom stereocenters. The van der Waals surface area contributed by atoms with Crippen LogP contribution in [0, 0.1) is 5.92 Å². The third kappa shape index (κ3) is 7.40. The summed E-state index contributed by atoms with van der Waals surface area (Å²) in [5, 5.41) is 12.8. The van der Waals surface area contributed by atoms with Gasteiger partial charge in [0.05, 0.1) is 31.7 Å². The summed E-state index contributed by atoms with van der Waals surface area (Å²) in [6.07, 6.45) is 0.0258. The molecule has 0 aromatic heterocycles. The molecule has 3 aromatic carbocycles. The number of fused-ring (bicyclic) bond motifs is 1. The predicted octanol–water partition coefficient (Wildman–Crippen LogP) is 4.23. The average molecular weight is 546 g/mol. The van der Waals surface area contributed by atoms with Gasteiger partial charge in [0, 0.05) is 31.2 Å². The maximum atomic E-state index is 13.7. The van der Waals surface area contributed by atoms with Crippen molar-refractivity contribution in [3.63, 3.8) is 0 Å². The number of ether oxygens (including phenoxy) is 2. The van der Waals surface area contributed by atoms with Gasteiger partial charge in [0.25, 0.3) is 5.91 Å². The number of aliphatic hydroxyl groups excluding tert-OH is 1.